The summed E-state index contributed by atoms with van der Waals surface area (Å²) in [6.45, 7) is 2.79. The van der Waals surface area contributed by atoms with Gasteiger partial charge < -0.3 is 15.6 Å². The molecular formula is C11H14N4O. The molecule has 1 heterocycles. The Kier molecular flexibility index (Phi) is 3.05. The molecule has 0 aliphatic rings. The van der Waals surface area contributed by atoms with Gasteiger partial charge in [-0.2, -0.15) is 4.98 Å². The van der Waals surface area contributed by atoms with Gasteiger partial charge in [-0.15, -0.1) is 0 Å². The quantitative estimate of drug-likeness (QED) is 0.762. The summed E-state index contributed by atoms with van der Waals surface area (Å²) in [4.78, 5) is 3.95. The lowest BCUT2D eigenvalue weighted by atomic mass is 10.2. The van der Waals surface area contributed by atoms with Gasteiger partial charge in [-0.05, 0) is 30.7 Å². The molecule has 5 nitrogen and oxygen atoms in total. The van der Waals surface area contributed by atoms with Crippen molar-refractivity contribution in [3.8, 4) is 0 Å². The zero-order valence-corrected chi connectivity index (χ0v) is 9.10. The fraction of sp³-hybridized carbons (Fsp3) is 0.273. The van der Waals surface area contributed by atoms with E-state index in [1.54, 1.807) is 0 Å². The van der Waals surface area contributed by atoms with Crippen LogP contribution in [0.1, 0.15) is 11.4 Å². The Bertz CT molecular complexity index is 453. The summed E-state index contributed by atoms with van der Waals surface area (Å²) in [5.74, 6) is 0.709. The number of hydrogen-bond acceptors (Lipinski definition) is 5. The standard InChI is InChI=1S/C11H14N4O/c1-8-6-9(12)2-3-10(8)13-5-4-11-14-7-16-15-11/h2-3,6-7,13H,4-5,12H2,1H3. The molecule has 5 heteroatoms. The van der Waals surface area contributed by atoms with E-state index >= 15 is 0 Å². The largest absolute Gasteiger partial charge is 0.399 e. The number of aromatic nitrogens is 2. The Labute approximate surface area is 93.7 Å². The van der Waals surface area contributed by atoms with Crippen LogP contribution in [0.15, 0.2) is 29.1 Å². The molecule has 1 aromatic carbocycles. The van der Waals surface area contributed by atoms with E-state index in [0.717, 1.165) is 29.9 Å². The molecule has 0 fully saturated rings. The summed E-state index contributed by atoms with van der Waals surface area (Å²) >= 11 is 0. The SMILES string of the molecule is Cc1cc(N)ccc1NCCc1ncon1. The first-order chi connectivity index (χ1) is 7.75. The molecule has 2 aromatic rings. The normalized spacial score (nSPS) is 10.3. The minimum Gasteiger partial charge on any atom is -0.399 e. The third kappa shape index (κ3) is 2.50. The summed E-state index contributed by atoms with van der Waals surface area (Å²) in [5, 5.41) is 7.04. The molecule has 0 aliphatic heterocycles. The Balaban J connectivity index is 1.90. The molecule has 2 rings (SSSR count). The van der Waals surface area contributed by atoms with Crippen molar-refractivity contribution in [2.45, 2.75) is 13.3 Å². The lowest BCUT2D eigenvalue weighted by Crippen LogP contribution is -2.07. The van der Waals surface area contributed by atoms with Crippen LogP contribution in [0, 0.1) is 6.92 Å². The number of nitrogens with two attached hydrogens (primary N) is 1. The van der Waals surface area contributed by atoms with E-state index in [1.165, 1.54) is 6.39 Å². The molecule has 0 saturated carbocycles. The third-order valence-electron chi connectivity index (χ3n) is 2.32. The Morgan fingerprint density at radius 3 is 3.00 bits per heavy atom. The van der Waals surface area contributed by atoms with Gasteiger partial charge in [0.05, 0.1) is 0 Å². The predicted octanol–water partition coefficient (Wildman–Crippen LogP) is 1.61. The lowest BCUT2D eigenvalue weighted by molar-refractivity contribution is 0.410. The van der Waals surface area contributed by atoms with Crippen LogP contribution in [0.25, 0.3) is 0 Å². The number of aryl methyl sites for hydroxylation is 1. The lowest BCUT2D eigenvalue weighted by Gasteiger charge is -2.08. The van der Waals surface area contributed by atoms with Gasteiger partial charge in [-0.3, -0.25) is 0 Å². The molecule has 0 spiro atoms. The van der Waals surface area contributed by atoms with Crippen LogP contribution >= 0.6 is 0 Å². The highest BCUT2D eigenvalue weighted by atomic mass is 16.5. The smallest absolute Gasteiger partial charge is 0.213 e. The van der Waals surface area contributed by atoms with E-state index in [0.29, 0.717) is 5.82 Å². The van der Waals surface area contributed by atoms with Gasteiger partial charge in [0.15, 0.2) is 5.82 Å². The average Bonchev–Trinajstić information content (AvgIpc) is 2.74. The van der Waals surface area contributed by atoms with Crippen LogP contribution < -0.4 is 11.1 Å². The first-order valence-corrected chi connectivity index (χ1v) is 5.11. The van der Waals surface area contributed by atoms with E-state index in [2.05, 4.69) is 20.0 Å². The highest BCUT2D eigenvalue weighted by Crippen LogP contribution is 2.17. The number of anilines is 2. The monoisotopic (exact) mass is 218 g/mol. The molecule has 3 N–H and O–H groups in total. The number of benzene rings is 1. The van der Waals surface area contributed by atoms with Gasteiger partial charge in [0, 0.05) is 24.3 Å². The maximum Gasteiger partial charge on any atom is 0.213 e. The molecule has 0 saturated heterocycles. The molecule has 0 unspecified atom stereocenters. The van der Waals surface area contributed by atoms with Crippen molar-refractivity contribution in [1.29, 1.82) is 0 Å². The van der Waals surface area contributed by atoms with Crippen molar-refractivity contribution < 1.29 is 4.52 Å². The summed E-state index contributed by atoms with van der Waals surface area (Å²) < 4.78 is 4.65. The summed E-state index contributed by atoms with van der Waals surface area (Å²) in [7, 11) is 0. The van der Waals surface area contributed by atoms with Crippen molar-refractivity contribution in [2.75, 3.05) is 17.6 Å². The summed E-state index contributed by atoms with van der Waals surface area (Å²) in [5.41, 5.74) is 8.67. The number of nitrogen functional groups attached to an aromatic ring is 1. The second-order valence-electron chi connectivity index (χ2n) is 3.60. The third-order valence-corrected chi connectivity index (χ3v) is 2.32. The zero-order chi connectivity index (χ0) is 11.4. The minimum atomic E-state index is 0.709. The number of rotatable bonds is 4. The minimum absolute atomic E-state index is 0.709. The second-order valence-corrected chi connectivity index (χ2v) is 3.60. The molecule has 16 heavy (non-hydrogen) atoms. The molecule has 1 aromatic heterocycles. The summed E-state index contributed by atoms with van der Waals surface area (Å²) in [6, 6.07) is 5.79. The first kappa shape index (κ1) is 10.5. The Hall–Kier alpha value is -2.04. The van der Waals surface area contributed by atoms with E-state index in [-0.39, 0.29) is 0 Å². The Morgan fingerprint density at radius 2 is 2.31 bits per heavy atom. The van der Waals surface area contributed by atoms with E-state index in [4.69, 9.17) is 5.73 Å². The van der Waals surface area contributed by atoms with Crippen LogP contribution in [0.4, 0.5) is 11.4 Å². The Morgan fingerprint density at radius 1 is 1.44 bits per heavy atom. The topological polar surface area (TPSA) is 77.0 Å². The van der Waals surface area contributed by atoms with E-state index in [9.17, 15) is 0 Å². The molecule has 0 bridgehead atoms. The van der Waals surface area contributed by atoms with Gasteiger partial charge in [-0.25, -0.2) is 0 Å². The van der Waals surface area contributed by atoms with Gasteiger partial charge in [-0.1, -0.05) is 5.16 Å². The average molecular weight is 218 g/mol. The first-order valence-electron chi connectivity index (χ1n) is 5.11. The van der Waals surface area contributed by atoms with E-state index in [1.807, 2.05) is 25.1 Å². The van der Waals surface area contributed by atoms with Crippen LogP contribution in [-0.2, 0) is 6.42 Å². The van der Waals surface area contributed by atoms with Crippen LogP contribution in [0.5, 0.6) is 0 Å². The fourth-order valence-electron chi connectivity index (χ4n) is 1.50. The summed E-state index contributed by atoms with van der Waals surface area (Å²) in [6.07, 6.45) is 2.07. The van der Waals surface area contributed by atoms with Crippen molar-refractivity contribution in [3.05, 3.63) is 36.0 Å². The van der Waals surface area contributed by atoms with E-state index < -0.39 is 0 Å². The van der Waals surface area contributed by atoms with Crippen molar-refractivity contribution in [2.24, 2.45) is 0 Å². The van der Waals surface area contributed by atoms with Gasteiger partial charge in [0.25, 0.3) is 0 Å². The number of nitrogens with zero attached hydrogens (tertiary/aromatic N) is 2. The van der Waals surface area contributed by atoms with Gasteiger partial charge >= 0.3 is 0 Å². The molecule has 0 atom stereocenters. The van der Waals surface area contributed by atoms with Crippen molar-refractivity contribution in [3.63, 3.8) is 0 Å². The van der Waals surface area contributed by atoms with Crippen molar-refractivity contribution in [1.82, 2.24) is 10.1 Å². The molecule has 0 amide bonds. The molecule has 84 valence electrons. The van der Waals surface area contributed by atoms with Crippen LogP contribution in [0.3, 0.4) is 0 Å². The highest BCUT2D eigenvalue weighted by molar-refractivity contribution is 5.57. The zero-order valence-electron chi connectivity index (χ0n) is 9.10. The van der Waals surface area contributed by atoms with Crippen LogP contribution in [0.2, 0.25) is 0 Å². The predicted molar refractivity (Wildman–Crippen MR) is 62.1 cm³/mol. The van der Waals surface area contributed by atoms with Gasteiger partial charge in [0.2, 0.25) is 6.39 Å². The number of nitrogens with one attached hydrogen (secondary N) is 1. The fourth-order valence-corrected chi connectivity index (χ4v) is 1.50. The maximum atomic E-state index is 5.67. The van der Waals surface area contributed by atoms with Crippen LogP contribution in [-0.4, -0.2) is 16.7 Å². The molecule has 0 radical (unpaired) electrons. The highest BCUT2D eigenvalue weighted by Gasteiger charge is 2.00. The van der Waals surface area contributed by atoms with Gasteiger partial charge in [0.1, 0.15) is 0 Å². The second kappa shape index (κ2) is 4.65. The number of hydrogen-bond donors (Lipinski definition) is 2. The van der Waals surface area contributed by atoms with Crippen molar-refractivity contribution >= 4 is 11.4 Å². The molecule has 0 aliphatic carbocycles. The molecular weight excluding hydrogens is 204 g/mol. The maximum absolute atomic E-state index is 5.67.